The van der Waals surface area contributed by atoms with Crippen LogP contribution in [-0.4, -0.2) is 12.0 Å². The number of hydrogen-bond donors (Lipinski definition) is 1. The van der Waals surface area contributed by atoms with Crippen LogP contribution in [0.25, 0.3) is 0 Å². The zero-order chi connectivity index (χ0) is 13.7. The van der Waals surface area contributed by atoms with E-state index in [2.05, 4.69) is 10.3 Å². The Labute approximate surface area is 114 Å². The SMILES string of the molecule is O=C=Nc1ccc(C(=O)Nc2cccc(Cl)c2)cc1. The Hall–Kier alpha value is -2.42. The van der Waals surface area contributed by atoms with Gasteiger partial charge in [-0.25, -0.2) is 4.79 Å². The van der Waals surface area contributed by atoms with Gasteiger partial charge >= 0.3 is 0 Å². The van der Waals surface area contributed by atoms with E-state index in [1.807, 2.05) is 0 Å². The Balaban J connectivity index is 2.13. The van der Waals surface area contributed by atoms with Crippen LogP contribution in [0.2, 0.25) is 5.02 Å². The summed E-state index contributed by atoms with van der Waals surface area (Å²) >= 11 is 5.83. The summed E-state index contributed by atoms with van der Waals surface area (Å²) in [5, 5.41) is 3.27. The highest BCUT2D eigenvalue weighted by Crippen LogP contribution is 2.17. The summed E-state index contributed by atoms with van der Waals surface area (Å²) in [4.78, 5) is 25.5. The first kappa shape index (κ1) is 13.0. The van der Waals surface area contributed by atoms with Gasteiger partial charge in [0.25, 0.3) is 5.91 Å². The summed E-state index contributed by atoms with van der Waals surface area (Å²) in [5.41, 5.74) is 1.53. The van der Waals surface area contributed by atoms with Crippen LogP contribution >= 0.6 is 11.6 Å². The average Bonchev–Trinajstić information content (AvgIpc) is 2.40. The van der Waals surface area contributed by atoms with Gasteiger partial charge in [-0.05, 0) is 42.5 Å². The van der Waals surface area contributed by atoms with Crippen LogP contribution in [0.3, 0.4) is 0 Å². The number of rotatable bonds is 3. The van der Waals surface area contributed by atoms with Crippen molar-refractivity contribution in [1.82, 2.24) is 0 Å². The maximum atomic E-state index is 11.9. The minimum absolute atomic E-state index is 0.260. The van der Waals surface area contributed by atoms with E-state index in [-0.39, 0.29) is 5.91 Å². The van der Waals surface area contributed by atoms with E-state index < -0.39 is 0 Å². The number of amides is 1. The first-order chi connectivity index (χ1) is 9.19. The van der Waals surface area contributed by atoms with E-state index in [4.69, 9.17) is 11.6 Å². The number of hydrogen-bond acceptors (Lipinski definition) is 3. The standard InChI is InChI=1S/C14H9ClN2O2/c15-11-2-1-3-13(8-11)17-14(19)10-4-6-12(7-5-10)16-9-18/h1-8H,(H,17,19). The van der Waals surface area contributed by atoms with Crippen LogP contribution in [-0.2, 0) is 4.79 Å². The Kier molecular flexibility index (Phi) is 4.08. The average molecular weight is 273 g/mol. The van der Waals surface area contributed by atoms with Gasteiger partial charge in [0.05, 0.1) is 5.69 Å². The van der Waals surface area contributed by atoms with Crippen LogP contribution in [0.15, 0.2) is 53.5 Å². The predicted octanol–water partition coefficient (Wildman–Crippen LogP) is 3.56. The second-order valence-corrected chi connectivity index (χ2v) is 4.15. The normalized spacial score (nSPS) is 9.53. The number of benzene rings is 2. The maximum absolute atomic E-state index is 11.9. The Morgan fingerprint density at radius 1 is 1.16 bits per heavy atom. The van der Waals surface area contributed by atoms with Crippen LogP contribution in [0.4, 0.5) is 11.4 Å². The minimum Gasteiger partial charge on any atom is -0.322 e. The Morgan fingerprint density at radius 3 is 2.53 bits per heavy atom. The van der Waals surface area contributed by atoms with Gasteiger partial charge in [-0.1, -0.05) is 17.7 Å². The summed E-state index contributed by atoms with van der Waals surface area (Å²) in [7, 11) is 0. The molecule has 2 aromatic carbocycles. The fourth-order valence-corrected chi connectivity index (χ4v) is 1.70. The minimum atomic E-state index is -0.260. The molecule has 1 amide bonds. The summed E-state index contributed by atoms with van der Waals surface area (Å²) in [5.74, 6) is -0.260. The summed E-state index contributed by atoms with van der Waals surface area (Å²) in [6.45, 7) is 0. The number of carbonyl (C=O) groups excluding carboxylic acids is 2. The fourth-order valence-electron chi connectivity index (χ4n) is 1.51. The van der Waals surface area contributed by atoms with Gasteiger partial charge in [-0.2, -0.15) is 4.99 Å². The molecule has 94 valence electrons. The molecule has 0 atom stereocenters. The lowest BCUT2D eigenvalue weighted by atomic mass is 10.2. The smallest absolute Gasteiger partial charge is 0.255 e. The monoisotopic (exact) mass is 272 g/mol. The molecule has 0 aliphatic rings. The molecule has 4 nitrogen and oxygen atoms in total. The molecule has 1 N–H and O–H groups in total. The molecule has 0 spiro atoms. The number of nitrogens with one attached hydrogen (secondary N) is 1. The zero-order valence-electron chi connectivity index (χ0n) is 9.76. The summed E-state index contributed by atoms with van der Waals surface area (Å²) < 4.78 is 0. The first-order valence-electron chi connectivity index (χ1n) is 5.44. The fraction of sp³-hybridized carbons (Fsp3) is 0. The van der Waals surface area contributed by atoms with Crippen molar-refractivity contribution < 1.29 is 9.59 Å². The van der Waals surface area contributed by atoms with Gasteiger partial charge in [0.15, 0.2) is 0 Å². The molecule has 0 heterocycles. The van der Waals surface area contributed by atoms with E-state index in [9.17, 15) is 9.59 Å². The van der Waals surface area contributed by atoms with Crippen LogP contribution in [0, 0.1) is 0 Å². The Bertz CT molecular complexity index is 647. The van der Waals surface area contributed by atoms with Crippen LogP contribution in [0.5, 0.6) is 0 Å². The molecule has 2 rings (SSSR count). The van der Waals surface area contributed by atoms with E-state index in [1.54, 1.807) is 48.5 Å². The van der Waals surface area contributed by atoms with Crippen molar-refractivity contribution in [3.63, 3.8) is 0 Å². The van der Waals surface area contributed by atoms with Crippen molar-refractivity contribution in [3.8, 4) is 0 Å². The number of anilines is 1. The quantitative estimate of drug-likeness (QED) is 0.686. The highest BCUT2D eigenvalue weighted by atomic mass is 35.5. The van der Waals surface area contributed by atoms with Gasteiger partial charge in [-0.3, -0.25) is 4.79 Å². The lowest BCUT2D eigenvalue weighted by Crippen LogP contribution is -2.11. The third-order valence-electron chi connectivity index (χ3n) is 2.39. The highest BCUT2D eigenvalue weighted by molar-refractivity contribution is 6.30. The van der Waals surface area contributed by atoms with Crippen molar-refractivity contribution in [1.29, 1.82) is 0 Å². The van der Waals surface area contributed by atoms with Crippen LogP contribution in [0.1, 0.15) is 10.4 Å². The maximum Gasteiger partial charge on any atom is 0.255 e. The topological polar surface area (TPSA) is 58.5 Å². The predicted molar refractivity (Wildman–Crippen MR) is 73.6 cm³/mol. The van der Waals surface area contributed by atoms with Crippen LogP contribution < -0.4 is 5.32 Å². The number of isocyanates is 1. The van der Waals surface area contributed by atoms with Crippen molar-refractivity contribution in [2.45, 2.75) is 0 Å². The van der Waals surface area contributed by atoms with Gasteiger partial charge in [0.2, 0.25) is 6.08 Å². The largest absolute Gasteiger partial charge is 0.322 e. The van der Waals surface area contributed by atoms with E-state index >= 15 is 0 Å². The summed E-state index contributed by atoms with van der Waals surface area (Å²) in [6.07, 6.45) is 1.44. The number of carbonyl (C=O) groups is 1. The Morgan fingerprint density at radius 2 is 1.89 bits per heavy atom. The third-order valence-corrected chi connectivity index (χ3v) is 2.62. The molecule has 0 aliphatic heterocycles. The van der Waals surface area contributed by atoms with Gasteiger partial charge < -0.3 is 5.32 Å². The molecule has 0 aliphatic carbocycles. The molecular weight excluding hydrogens is 264 g/mol. The lowest BCUT2D eigenvalue weighted by Gasteiger charge is -2.05. The van der Waals surface area contributed by atoms with Gasteiger partial charge in [0, 0.05) is 16.3 Å². The highest BCUT2D eigenvalue weighted by Gasteiger charge is 2.06. The molecule has 0 unspecified atom stereocenters. The molecule has 0 aromatic heterocycles. The summed E-state index contributed by atoms with van der Waals surface area (Å²) in [6, 6.07) is 13.2. The molecule has 0 saturated carbocycles. The number of halogens is 1. The molecule has 0 radical (unpaired) electrons. The van der Waals surface area contributed by atoms with E-state index in [1.165, 1.54) is 6.08 Å². The van der Waals surface area contributed by atoms with Crippen molar-refractivity contribution in [3.05, 3.63) is 59.1 Å². The molecule has 0 fully saturated rings. The van der Waals surface area contributed by atoms with Gasteiger partial charge in [-0.15, -0.1) is 0 Å². The molecule has 2 aromatic rings. The number of aliphatic imine (C=N–C) groups is 1. The molecule has 0 saturated heterocycles. The van der Waals surface area contributed by atoms with Crippen molar-refractivity contribution >= 4 is 35.0 Å². The molecule has 5 heteroatoms. The van der Waals surface area contributed by atoms with E-state index in [0.29, 0.717) is 22.0 Å². The molecular formula is C14H9ClN2O2. The first-order valence-corrected chi connectivity index (χ1v) is 5.82. The van der Waals surface area contributed by atoms with Crippen molar-refractivity contribution in [2.75, 3.05) is 5.32 Å². The van der Waals surface area contributed by atoms with Gasteiger partial charge in [0.1, 0.15) is 0 Å². The van der Waals surface area contributed by atoms with Crippen molar-refractivity contribution in [2.24, 2.45) is 4.99 Å². The molecule has 0 bridgehead atoms. The second-order valence-electron chi connectivity index (χ2n) is 3.71. The number of nitrogens with zero attached hydrogens (tertiary/aromatic N) is 1. The zero-order valence-corrected chi connectivity index (χ0v) is 10.5. The molecule has 19 heavy (non-hydrogen) atoms. The van der Waals surface area contributed by atoms with E-state index in [0.717, 1.165) is 0 Å². The third kappa shape index (κ3) is 3.52. The second kappa shape index (κ2) is 5.96. The lowest BCUT2D eigenvalue weighted by molar-refractivity contribution is 0.102.